The van der Waals surface area contributed by atoms with Crippen LogP contribution in [0.2, 0.25) is 0 Å². The van der Waals surface area contributed by atoms with Gasteiger partial charge in [0.2, 0.25) is 0 Å². The van der Waals surface area contributed by atoms with Crippen LogP contribution in [0.4, 0.5) is 0 Å². The molecule has 0 spiro atoms. The van der Waals surface area contributed by atoms with E-state index < -0.39 is 0 Å². The second-order valence-corrected chi connectivity index (χ2v) is 7.83. The number of ether oxygens (including phenoxy) is 1. The van der Waals surface area contributed by atoms with Crippen LogP contribution in [0, 0.1) is 0 Å². The fourth-order valence-electron chi connectivity index (χ4n) is 4.03. The van der Waals surface area contributed by atoms with Crippen molar-refractivity contribution in [1.29, 1.82) is 0 Å². The van der Waals surface area contributed by atoms with Gasteiger partial charge >= 0.3 is 0 Å². The van der Waals surface area contributed by atoms with E-state index in [2.05, 4.69) is 39.4 Å². The van der Waals surface area contributed by atoms with Gasteiger partial charge in [-0.25, -0.2) is 0 Å². The highest BCUT2D eigenvalue weighted by molar-refractivity contribution is 5.27. The summed E-state index contributed by atoms with van der Waals surface area (Å²) >= 11 is 0. The predicted octanol–water partition coefficient (Wildman–Crippen LogP) is 3.52. The van der Waals surface area contributed by atoms with Crippen LogP contribution in [-0.4, -0.2) is 62.2 Å². The standard InChI is InChI=1S/C22H37N3O/c1-2-13-25(14-3-1)18-7-19-26-22-10-8-21(9-11-22)20-23-12-6-17-24-15-4-5-16-24/h8-11,23H,1-7,12-20H2. The molecule has 4 nitrogen and oxygen atoms in total. The Kier molecular flexibility index (Phi) is 8.75. The molecule has 0 unspecified atom stereocenters. The Balaban J connectivity index is 1.22. The van der Waals surface area contributed by atoms with Crippen molar-refractivity contribution >= 4 is 0 Å². The monoisotopic (exact) mass is 359 g/mol. The molecule has 0 radical (unpaired) electrons. The highest BCUT2D eigenvalue weighted by Crippen LogP contribution is 2.13. The zero-order chi connectivity index (χ0) is 17.9. The first-order valence-corrected chi connectivity index (χ1v) is 10.8. The molecule has 2 fully saturated rings. The van der Waals surface area contributed by atoms with Crippen molar-refractivity contribution in [2.45, 2.75) is 51.5 Å². The minimum Gasteiger partial charge on any atom is -0.494 e. The van der Waals surface area contributed by atoms with E-state index in [-0.39, 0.29) is 0 Å². The number of hydrogen-bond donors (Lipinski definition) is 1. The van der Waals surface area contributed by atoms with Crippen LogP contribution in [0.1, 0.15) is 50.5 Å². The third kappa shape index (κ3) is 7.26. The van der Waals surface area contributed by atoms with Crippen LogP contribution >= 0.6 is 0 Å². The van der Waals surface area contributed by atoms with E-state index in [0.717, 1.165) is 31.9 Å². The van der Waals surface area contributed by atoms with Crippen LogP contribution in [0.15, 0.2) is 24.3 Å². The Hall–Kier alpha value is -1.10. The van der Waals surface area contributed by atoms with E-state index in [1.807, 2.05) is 0 Å². The molecule has 2 heterocycles. The molecule has 0 amide bonds. The number of nitrogens with zero attached hydrogens (tertiary/aromatic N) is 2. The first-order valence-electron chi connectivity index (χ1n) is 10.8. The first-order chi connectivity index (χ1) is 12.9. The first kappa shape index (κ1) is 19.7. The average Bonchev–Trinajstić information content (AvgIpc) is 3.20. The summed E-state index contributed by atoms with van der Waals surface area (Å²) in [6.07, 6.45) is 9.30. The molecule has 0 saturated carbocycles. The van der Waals surface area contributed by atoms with Gasteiger partial charge in [-0.3, -0.25) is 0 Å². The zero-order valence-electron chi connectivity index (χ0n) is 16.4. The highest BCUT2D eigenvalue weighted by atomic mass is 16.5. The van der Waals surface area contributed by atoms with Gasteiger partial charge < -0.3 is 19.9 Å². The van der Waals surface area contributed by atoms with Gasteiger partial charge in [0.15, 0.2) is 0 Å². The van der Waals surface area contributed by atoms with E-state index in [0.29, 0.717) is 0 Å². The summed E-state index contributed by atoms with van der Waals surface area (Å²) in [5.41, 5.74) is 1.34. The summed E-state index contributed by atoms with van der Waals surface area (Å²) in [5.74, 6) is 1.00. The lowest BCUT2D eigenvalue weighted by molar-refractivity contribution is 0.205. The van der Waals surface area contributed by atoms with Gasteiger partial charge in [-0.2, -0.15) is 0 Å². The third-order valence-corrected chi connectivity index (χ3v) is 5.62. The molecule has 0 atom stereocenters. The van der Waals surface area contributed by atoms with E-state index in [9.17, 15) is 0 Å². The maximum atomic E-state index is 5.90. The molecule has 26 heavy (non-hydrogen) atoms. The van der Waals surface area contributed by atoms with E-state index in [4.69, 9.17) is 4.74 Å². The van der Waals surface area contributed by atoms with Crippen LogP contribution < -0.4 is 10.1 Å². The second kappa shape index (κ2) is 11.6. The van der Waals surface area contributed by atoms with Gasteiger partial charge in [-0.15, -0.1) is 0 Å². The quantitative estimate of drug-likeness (QED) is 0.612. The number of nitrogens with one attached hydrogen (secondary N) is 1. The maximum absolute atomic E-state index is 5.90. The summed E-state index contributed by atoms with van der Waals surface area (Å²) in [6.45, 7) is 10.5. The van der Waals surface area contributed by atoms with Crippen LogP contribution in [0.5, 0.6) is 5.75 Å². The number of benzene rings is 1. The van der Waals surface area contributed by atoms with E-state index in [1.54, 1.807) is 0 Å². The molecule has 2 saturated heterocycles. The minimum absolute atomic E-state index is 0.824. The fourth-order valence-corrected chi connectivity index (χ4v) is 4.03. The number of hydrogen-bond acceptors (Lipinski definition) is 4. The molecule has 1 aromatic rings. The number of likely N-dealkylation sites (tertiary alicyclic amines) is 2. The lowest BCUT2D eigenvalue weighted by atomic mass is 10.1. The van der Waals surface area contributed by atoms with Crippen molar-refractivity contribution in [3.63, 3.8) is 0 Å². The lowest BCUT2D eigenvalue weighted by Gasteiger charge is -2.26. The van der Waals surface area contributed by atoms with Crippen molar-refractivity contribution < 1.29 is 4.74 Å². The van der Waals surface area contributed by atoms with Crippen molar-refractivity contribution in [1.82, 2.24) is 15.1 Å². The summed E-state index contributed by atoms with van der Waals surface area (Å²) in [6, 6.07) is 8.60. The molecule has 0 aromatic heterocycles. The highest BCUT2D eigenvalue weighted by Gasteiger charge is 2.10. The summed E-state index contributed by atoms with van der Waals surface area (Å²) < 4.78 is 5.90. The molecule has 146 valence electrons. The number of piperidine rings is 1. The van der Waals surface area contributed by atoms with Crippen LogP contribution in [-0.2, 0) is 6.54 Å². The minimum atomic E-state index is 0.824. The maximum Gasteiger partial charge on any atom is 0.119 e. The van der Waals surface area contributed by atoms with Crippen molar-refractivity contribution in [3.8, 4) is 5.75 Å². The molecule has 2 aliphatic heterocycles. The predicted molar refractivity (Wildman–Crippen MR) is 109 cm³/mol. The van der Waals surface area contributed by atoms with Gasteiger partial charge in [0.25, 0.3) is 0 Å². The Morgan fingerprint density at radius 2 is 1.38 bits per heavy atom. The average molecular weight is 360 g/mol. The van der Waals surface area contributed by atoms with Gasteiger partial charge in [0.05, 0.1) is 6.61 Å². The normalized spacial score (nSPS) is 19.1. The summed E-state index contributed by atoms with van der Waals surface area (Å²) in [7, 11) is 0. The molecule has 0 bridgehead atoms. The zero-order valence-corrected chi connectivity index (χ0v) is 16.4. The molecule has 0 aliphatic carbocycles. The van der Waals surface area contributed by atoms with Gasteiger partial charge in [-0.05, 0) is 95.5 Å². The van der Waals surface area contributed by atoms with Crippen molar-refractivity contribution in [2.75, 3.05) is 52.4 Å². The molecule has 3 rings (SSSR count). The second-order valence-electron chi connectivity index (χ2n) is 7.83. The smallest absolute Gasteiger partial charge is 0.119 e. The number of rotatable bonds is 11. The SMILES string of the molecule is c1cc(OCCCN2CCCCC2)ccc1CNCCCN1CCCC1. The van der Waals surface area contributed by atoms with Gasteiger partial charge in [0.1, 0.15) is 5.75 Å². The molecule has 1 aromatic carbocycles. The molecule has 2 aliphatic rings. The van der Waals surface area contributed by atoms with E-state index >= 15 is 0 Å². The molecular weight excluding hydrogens is 322 g/mol. The van der Waals surface area contributed by atoms with Crippen molar-refractivity contribution in [2.24, 2.45) is 0 Å². The molecule has 4 heteroatoms. The summed E-state index contributed by atoms with van der Waals surface area (Å²) in [5, 5.41) is 3.56. The Morgan fingerprint density at radius 3 is 2.08 bits per heavy atom. The van der Waals surface area contributed by atoms with Gasteiger partial charge in [0, 0.05) is 13.1 Å². The Morgan fingerprint density at radius 1 is 0.769 bits per heavy atom. The molecule has 1 N–H and O–H groups in total. The third-order valence-electron chi connectivity index (χ3n) is 5.62. The van der Waals surface area contributed by atoms with Crippen molar-refractivity contribution in [3.05, 3.63) is 29.8 Å². The Labute approximate surface area is 159 Å². The van der Waals surface area contributed by atoms with E-state index in [1.165, 1.54) is 83.4 Å². The van der Waals surface area contributed by atoms with Crippen LogP contribution in [0.3, 0.4) is 0 Å². The fraction of sp³-hybridized carbons (Fsp3) is 0.727. The largest absolute Gasteiger partial charge is 0.494 e. The topological polar surface area (TPSA) is 27.7 Å². The van der Waals surface area contributed by atoms with Gasteiger partial charge in [-0.1, -0.05) is 18.6 Å². The molecular formula is C22H37N3O. The Bertz CT molecular complexity index is 479. The van der Waals surface area contributed by atoms with Crippen LogP contribution in [0.25, 0.3) is 0 Å². The lowest BCUT2D eigenvalue weighted by Crippen LogP contribution is -2.31. The summed E-state index contributed by atoms with van der Waals surface area (Å²) in [4.78, 5) is 5.16.